The number of halogens is 2. The van der Waals surface area contributed by atoms with Gasteiger partial charge in [0.15, 0.2) is 11.6 Å². The van der Waals surface area contributed by atoms with Crippen LogP contribution in [0.1, 0.15) is 12.8 Å². The Bertz CT molecular complexity index is 291. The first kappa shape index (κ1) is 10.9. The number of hydrogen-bond donors (Lipinski definition) is 1. The number of hydrogen-bond acceptors (Lipinski definition) is 2. The summed E-state index contributed by atoms with van der Waals surface area (Å²) in [5, 5.41) is 0. The standard InChI is InChI=1S/C10H13F2NO/c11-8-3-4-9(12)10(7-8)14-6-2-1-5-13/h3-4,7H,1-2,5-6,13H2. The first-order chi connectivity index (χ1) is 6.74. The molecule has 0 spiro atoms. The molecule has 0 aliphatic rings. The average Bonchev–Trinajstić information content (AvgIpc) is 2.18. The topological polar surface area (TPSA) is 35.2 Å². The summed E-state index contributed by atoms with van der Waals surface area (Å²) in [5.41, 5.74) is 5.27. The highest BCUT2D eigenvalue weighted by Crippen LogP contribution is 2.17. The van der Waals surface area contributed by atoms with Gasteiger partial charge in [-0.15, -0.1) is 0 Å². The fourth-order valence-corrected chi connectivity index (χ4v) is 1.02. The Morgan fingerprint density at radius 1 is 1.21 bits per heavy atom. The van der Waals surface area contributed by atoms with Crippen LogP contribution < -0.4 is 10.5 Å². The van der Waals surface area contributed by atoms with E-state index in [9.17, 15) is 8.78 Å². The van der Waals surface area contributed by atoms with Crippen LogP contribution >= 0.6 is 0 Å². The lowest BCUT2D eigenvalue weighted by atomic mass is 10.3. The van der Waals surface area contributed by atoms with Crippen molar-refractivity contribution < 1.29 is 13.5 Å². The van der Waals surface area contributed by atoms with Crippen LogP contribution in [0, 0.1) is 11.6 Å². The van der Waals surface area contributed by atoms with Gasteiger partial charge in [-0.1, -0.05) is 0 Å². The monoisotopic (exact) mass is 201 g/mol. The fourth-order valence-electron chi connectivity index (χ4n) is 1.02. The van der Waals surface area contributed by atoms with Crippen LogP contribution in [0.3, 0.4) is 0 Å². The van der Waals surface area contributed by atoms with E-state index in [1.54, 1.807) is 0 Å². The summed E-state index contributed by atoms with van der Waals surface area (Å²) in [5.74, 6) is -1.08. The minimum atomic E-state index is -0.542. The van der Waals surface area contributed by atoms with Gasteiger partial charge in [-0.2, -0.15) is 0 Å². The van der Waals surface area contributed by atoms with Gasteiger partial charge in [-0.05, 0) is 31.5 Å². The van der Waals surface area contributed by atoms with E-state index in [2.05, 4.69) is 0 Å². The van der Waals surface area contributed by atoms with Gasteiger partial charge in [0.05, 0.1) is 6.61 Å². The van der Waals surface area contributed by atoms with Crippen molar-refractivity contribution in [2.45, 2.75) is 12.8 Å². The lowest BCUT2D eigenvalue weighted by Crippen LogP contribution is -2.04. The molecule has 14 heavy (non-hydrogen) atoms. The maximum Gasteiger partial charge on any atom is 0.165 e. The Morgan fingerprint density at radius 3 is 2.71 bits per heavy atom. The average molecular weight is 201 g/mol. The second-order valence-electron chi connectivity index (χ2n) is 2.92. The fraction of sp³-hybridized carbons (Fsp3) is 0.400. The highest BCUT2D eigenvalue weighted by Gasteiger charge is 2.03. The predicted molar refractivity (Wildman–Crippen MR) is 50.1 cm³/mol. The summed E-state index contributed by atoms with van der Waals surface area (Å²) in [4.78, 5) is 0. The first-order valence-corrected chi connectivity index (χ1v) is 4.52. The van der Waals surface area contributed by atoms with Crippen molar-refractivity contribution in [1.29, 1.82) is 0 Å². The summed E-state index contributed by atoms with van der Waals surface area (Å²) in [6.45, 7) is 0.937. The van der Waals surface area contributed by atoms with E-state index < -0.39 is 11.6 Å². The van der Waals surface area contributed by atoms with Crippen molar-refractivity contribution >= 4 is 0 Å². The second kappa shape index (κ2) is 5.54. The van der Waals surface area contributed by atoms with Gasteiger partial charge >= 0.3 is 0 Å². The van der Waals surface area contributed by atoms with E-state index >= 15 is 0 Å². The molecule has 78 valence electrons. The molecule has 0 atom stereocenters. The minimum absolute atomic E-state index is 0.0398. The second-order valence-corrected chi connectivity index (χ2v) is 2.92. The molecule has 0 heterocycles. The van der Waals surface area contributed by atoms with Crippen LogP contribution in [0.4, 0.5) is 8.78 Å². The van der Waals surface area contributed by atoms with Gasteiger partial charge in [-0.3, -0.25) is 0 Å². The molecule has 0 fully saturated rings. The maximum atomic E-state index is 13.0. The summed E-state index contributed by atoms with van der Waals surface area (Å²) in [6, 6.07) is 3.15. The van der Waals surface area contributed by atoms with Crippen LogP contribution in [-0.2, 0) is 0 Å². The maximum absolute atomic E-state index is 13.0. The van der Waals surface area contributed by atoms with Crippen molar-refractivity contribution in [1.82, 2.24) is 0 Å². The molecule has 0 amide bonds. The van der Waals surface area contributed by atoms with Gasteiger partial charge < -0.3 is 10.5 Å². The lowest BCUT2D eigenvalue weighted by molar-refractivity contribution is 0.291. The molecular formula is C10H13F2NO. The van der Waals surface area contributed by atoms with Crippen LogP contribution in [-0.4, -0.2) is 13.2 Å². The van der Waals surface area contributed by atoms with Crippen molar-refractivity contribution in [2.24, 2.45) is 5.73 Å². The van der Waals surface area contributed by atoms with E-state index in [4.69, 9.17) is 10.5 Å². The van der Waals surface area contributed by atoms with Crippen LogP contribution in [0.15, 0.2) is 18.2 Å². The van der Waals surface area contributed by atoms with Crippen molar-refractivity contribution in [2.75, 3.05) is 13.2 Å². The number of rotatable bonds is 5. The third kappa shape index (κ3) is 3.30. The molecule has 0 aromatic heterocycles. The molecule has 1 aromatic rings. The van der Waals surface area contributed by atoms with Gasteiger partial charge in [-0.25, -0.2) is 8.78 Å². The zero-order valence-corrected chi connectivity index (χ0v) is 7.80. The van der Waals surface area contributed by atoms with Crippen molar-refractivity contribution in [3.8, 4) is 5.75 Å². The number of ether oxygens (including phenoxy) is 1. The molecule has 2 nitrogen and oxygen atoms in total. The van der Waals surface area contributed by atoms with Gasteiger partial charge in [0.1, 0.15) is 5.82 Å². The summed E-state index contributed by atoms with van der Waals surface area (Å²) < 4.78 is 30.7. The molecule has 1 aromatic carbocycles. The van der Waals surface area contributed by atoms with E-state index in [0.717, 1.165) is 31.0 Å². The molecule has 0 aliphatic heterocycles. The van der Waals surface area contributed by atoms with E-state index in [0.29, 0.717) is 13.2 Å². The molecule has 0 saturated heterocycles. The minimum Gasteiger partial charge on any atom is -0.490 e. The Hall–Kier alpha value is -1.16. The van der Waals surface area contributed by atoms with Crippen LogP contribution in [0.2, 0.25) is 0 Å². The van der Waals surface area contributed by atoms with Gasteiger partial charge in [0.2, 0.25) is 0 Å². The molecule has 1 rings (SSSR count). The largest absolute Gasteiger partial charge is 0.490 e. The van der Waals surface area contributed by atoms with Gasteiger partial charge in [0, 0.05) is 6.07 Å². The van der Waals surface area contributed by atoms with Crippen molar-refractivity contribution in [3.63, 3.8) is 0 Å². The molecular weight excluding hydrogens is 188 g/mol. The van der Waals surface area contributed by atoms with E-state index in [-0.39, 0.29) is 5.75 Å². The zero-order chi connectivity index (χ0) is 10.4. The molecule has 0 radical (unpaired) electrons. The number of nitrogens with two attached hydrogens (primary N) is 1. The molecule has 0 bridgehead atoms. The highest BCUT2D eigenvalue weighted by molar-refractivity contribution is 5.24. The molecule has 0 aliphatic carbocycles. The van der Waals surface area contributed by atoms with Crippen LogP contribution in [0.25, 0.3) is 0 Å². The summed E-state index contributed by atoms with van der Waals surface area (Å²) in [6.07, 6.45) is 1.56. The summed E-state index contributed by atoms with van der Waals surface area (Å²) >= 11 is 0. The molecule has 2 N–H and O–H groups in total. The third-order valence-electron chi connectivity index (χ3n) is 1.75. The Labute approximate surface area is 81.7 Å². The first-order valence-electron chi connectivity index (χ1n) is 4.52. The quantitative estimate of drug-likeness (QED) is 0.740. The van der Waals surface area contributed by atoms with E-state index in [1.807, 2.05) is 0 Å². The molecule has 4 heteroatoms. The lowest BCUT2D eigenvalue weighted by Gasteiger charge is -2.06. The van der Waals surface area contributed by atoms with Crippen LogP contribution in [0.5, 0.6) is 5.75 Å². The number of benzene rings is 1. The Morgan fingerprint density at radius 2 is 2.00 bits per heavy atom. The molecule has 0 unspecified atom stereocenters. The van der Waals surface area contributed by atoms with Crippen molar-refractivity contribution in [3.05, 3.63) is 29.8 Å². The number of unbranched alkanes of at least 4 members (excludes halogenated alkanes) is 1. The predicted octanol–water partition coefficient (Wildman–Crippen LogP) is 2.08. The Kier molecular flexibility index (Phi) is 4.32. The normalized spacial score (nSPS) is 10.2. The smallest absolute Gasteiger partial charge is 0.165 e. The SMILES string of the molecule is NCCCCOc1cc(F)ccc1F. The highest BCUT2D eigenvalue weighted by atomic mass is 19.1. The Balaban J connectivity index is 2.45. The van der Waals surface area contributed by atoms with Gasteiger partial charge in [0.25, 0.3) is 0 Å². The third-order valence-corrected chi connectivity index (χ3v) is 1.75. The zero-order valence-electron chi connectivity index (χ0n) is 7.80. The summed E-state index contributed by atoms with van der Waals surface area (Å²) in [7, 11) is 0. The molecule has 0 saturated carbocycles. The van der Waals surface area contributed by atoms with E-state index in [1.165, 1.54) is 0 Å².